The predicted molar refractivity (Wildman–Crippen MR) is 116 cm³/mol. The second kappa shape index (κ2) is 9.45. The Balaban J connectivity index is 1.54. The van der Waals surface area contributed by atoms with Gasteiger partial charge < -0.3 is 19.9 Å². The van der Waals surface area contributed by atoms with Gasteiger partial charge in [0.15, 0.2) is 0 Å². The molecule has 2 aromatic rings. The number of rotatable bonds is 6. The molecule has 0 radical (unpaired) electrons. The highest BCUT2D eigenvalue weighted by atomic mass is 16.5. The quantitative estimate of drug-likeness (QED) is 0.811. The highest BCUT2D eigenvalue weighted by Gasteiger charge is 2.18. The smallest absolute Gasteiger partial charge is 0.255 e. The van der Waals surface area contributed by atoms with E-state index in [1.165, 1.54) is 0 Å². The van der Waals surface area contributed by atoms with Crippen LogP contribution in [0.1, 0.15) is 31.1 Å². The molecule has 1 saturated heterocycles. The van der Waals surface area contributed by atoms with Gasteiger partial charge in [0.2, 0.25) is 5.91 Å². The number of nitrogens with zero attached hydrogens (tertiary/aromatic N) is 2. The molecule has 0 bridgehead atoms. The molecule has 1 heterocycles. The van der Waals surface area contributed by atoms with Crippen LogP contribution in [-0.2, 0) is 4.79 Å². The van der Waals surface area contributed by atoms with Crippen molar-refractivity contribution in [2.24, 2.45) is 5.92 Å². The molecule has 2 amide bonds. The maximum Gasteiger partial charge on any atom is 0.255 e. The lowest BCUT2D eigenvalue weighted by molar-refractivity contribution is -0.129. The van der Waals surface area contributed by atoms with Crippen molar-refractivity contribution in [3.63, 3.8) is 0 Å². The fourth-order valence-electron chi connectivity index (χ4n) is 3.20. The number of ether oxygens (including phenoxy) is 1. The Morgan fingerprint density at radius 1 is 0.966 bits per heavy atom. The molecular weight excluding hydrogens is 366 g/mol. The molecule has 6 nitrogen and oxygen atoms in total. The molecule has 0 unspecified atom stereocenters. The summed E-state index contributed by atoms with van der Waals surface area (Å²) < 4.78 is 5.65. The number of piperazine rings is 1. The fraction of sp³-hybridized carbons (Fsp3) is 0.391. The van der Waals surface area contributed by atoms with Gasteiger partial charge in [0.1, 0.15) is 5.75 Å². The SMILES string of the molecule is CC(=O)N1CCN(c2ccc(NC(=O)c3ccc(OCC(C)C)cc3)cc2)CC1. The number of carbonyl (C=O) groups excluding carboxylic acids is 2. The van der Waals surface area contributed by atoms with Crippen molar-refractivity contribution in [3.8, 4) is 5.75 Å². The molecule has 1 aliphatic heterocycles. The van der Waals surface area contributed by atoms with E-state index in [-0.39, 0.29) is 11.8 Å². The molecule has 1 N–H and O–H groups in total. The number of hydrogen-bond acceptors (Lipinski definition) is 4. The number of carbonyl (C=O) groups is 2. The van der Waals surface area contributed by atoms with Gasteiger partial charge >= 0.3 is 0 Å². The van der Waals surface area contributed by atoms with E-state index in [1.54, 1.807) is 19.1 Å². The van der Waals surface area contributed by atoms with Crippen LogP contribution in [0.5, 0.6) is 5.75 Å². The van der Waals surface area contributed by atoms with Crippen LogP contribution >= 0.6 is 0 Å². The van der Waals surface area contributed by atoms with Crippen LogP contribution in [0.25, 0.3) is 0 Å². The Morgan fingerprint density at radius 3 is 2.14 bits per heavy atom. The summed E-state index contributed by atoms with van der Waals surface area (Å²) in [5.74, 6) is 1.20. The van der Waals surface area contributed by atoms with Gasteiger partial charge in [0.25, 0.3) is 5.91 Å². The lowest BCUT2D eigenvalue weighted by atomic mass is 10.2. The molecule has 3 rings (SSSR count). The third-order valence-electron chi connectivity index (χ3n) is 4.92. The van der Waals surface area contributed by atoms with Gasteiger partial charge in [-0.3, -0.25) is 9.59 Å². The summed E-state index contributed by atoms with van der Waals surface area (Å²) in [6, 6.07) is 15.0. The molecule has 0 aromatic heterocycles. The van der Waals surface area contributed by atoms with Crippen molar-refractivity contribution < 1.29 is 14.3 Å². The second-order valence-electron chi connectivity index (χ2n) is 7.72. The third-order valence-corrected chi connectivity index (χ3v) is 4.92. The first-order chi connectivity index (χ1) is 13.9. The Morgan fingerprint density at radius 2 is 1.59 bits per heavy atom. The maximum atomic E-state index is 12.5. The summed E-state index contributed by atoms with van der Waals surface area (Å²) >= 11 is 0. The standard InChI is InChI=1S/C23H29N3O3/c1-17(2)16-29-22-10-4-19(5-11-22)23(28)24-20-6-8-21(9-7-20)26-14-12-25(13-15-26)18(3)27/h4-11,17H,12-16H2,1-3H3,(H,24,28). The van der Waals surface area contributed by atoms with Gasteiger partial charge in [-0.25, -0.2) is 0 Å². The fourth-order valence-corrected chi connectivity index (χ4v) is 3.20. The number of benzene rings is 2. The van der Waals surface area contributed by atoms with Crippen LogP contribution in [0.15, 0.2) is 48.5 Å². The first-order valence-electron chi connectivity index (χ1n) is 10.1. The molecule has 1 aliphatic rings. The topological polar surface area (TPSA) is 61.9 Å². The van der Waals surface area contributed by atoms with Gasteiger partial charge in [-0.1, -0.05) is 13.8 Å². The van der Waals surface area contributed by atoms with Crippen molar-refractivity contribution in [2.45, 2.75) is 20.8 Å². The van der Waals surface area contributed by atoms with Crippen molar-refractivity contribution >= 4 is 23.2 Å². The van der Waals surface area contributed by atoms with E-state index in [2.05, 4.69) is 24.1 Å². The van der Waals surface area contributed by atoms with E-state index in [0.717, 1.165) is 43.3 Å². The zero-order valence-electron chi connectivity index (χ0n) is 17.4. The third kappa shape index (κ3) is 5.73. The number of nitrogens with one attached hydrogen (secondary N) is 1. The normalized spacial score (nSPS) is 14.1. The Bertz CT molecular complexity index is 823. The Hall–Kier alpha value is -3.02. The van der Waals surface area contributed by atoms with Gasteiger partial charge in [0.05, 0.1) is 6.61 Å². The summed E-state index contributed by atoms with van der Waals surface area (Å²) in [6.07, 6.45) is 0. The van der Waals surface area contributed by atoms with Gasteiger partial charge in [0, 0.05) is 50.0 Å². The van der Waals surface area contributed by atoms with Crippen LogP contribution in [0, 0.1) is 5.92 Å². The van der Waals surface area contributed by atoms with E-state index in [4.69, 9.17) is 4.74 Å². The summed E-state index contributed by atoms with van der Waals surface area (Å²) in [7, 11) is 0. The zero-order valence-corrected chi connectivity index (χ0v) is 17.4. The van der Waals surface area contributed by atoms with E-state index >= 15 is 0 Å². The van der Waals surface area contributed by atoms with Crippen LogP contribution in [0.3, 0.4) is 0 Å². The summed E-state index contributed by atoms with van der Waals surface area (Å²) in [4.78, 5) is 28.0. The molecule has 154 valence electrons. The van der Waals surface area contributed by atoms with E-state index < -0.39 is 0 Å². The molecule has 6 heteroatoms. The average Bonchev–Trinajstić information content (AvgIpc) is 2.73. The van der Waals surface area contributed by atoms with Crippen LogP contribution in [0.2, 0.25) is 0 Å². The molecule has 29 heavy (non-hydrogen) atoms. The molecule has 1 fully saturated rings. The van der Waals surface area contributed by atoms with E-state index in [1.807, 2.05) is 41.3 Å². The van der Waals surface area contributed by atoms with E-state index in [0.29, 0.717) is 18.1 Å². The summed E-state index contributed by atoms with van der Waals surface area (Å²) in [6.45, 7) is 9.57. The van der Waals surface area contributed by atoms with Crippen molar-refractivity contribution in [1.29, 1.82) is 0 Å². The predicted octanol–water partition coefficient (Wildman–Crippen LogP) is 3.64. The maximum absolute atomic E-state index is 12.5. The molecule has 2 aromatic carbocycles. The molecule has 0 atom stereocenters. The van der Waals surface area contributed by atoms with Crippen molar-refractivity contribution in [3.05, 3.63) is 54.1 Å². The summed E-state index contributed by atoms with van der Waals surface area (Å²) in [5, 5.41) is 2.93. The lowest BCUT2D eigenvalue weighted by Crippen LogP contribution is -2.48. The van der Waals surface area contributed by atoms with Gasteiger partial charge in [-0.15, -0.1) is 0 Å². The largest absolute Gasteiger partial charge is 0.493 e. The molecule has 0 saturated carbocycles. The molecule has 0 aliphatic carbocycles. The first kappa shape index (κ1) is 20.7. The lowest BCUT2D eigenvalue weighted by Gasteiger charge is -2.35. The number of amides is 2. The average molecular weight is 396 g/mol. The highest BCUT2D eigenvalue weighted by molar-refractivity contribution is 6.04. The van der Waals surface area contributed by atoms with Crippen molar-refractivity contribution in [2.75, 3.05) is 43.0 Å². The van der Waals surface area contributed by atoms with E-state index in [9.17, 15) is 9.59 Å². The minimum absolute atomic E-state index is 0.127. The van der Waals surface area contributed by atoms with Gasteiger partial charge in [-0.05, 0) is 54.4 Å². The highest BCUT2D eigenvalue weighted by Crippen LogP contribution is 2.21. The second-order valence-corrected chi connectivity index (χ2v) is 7.72. The molecule has 0 spiro atoms. The Labute approximate surface area is 172 Å². The molecular formula is C23H29N3O3. The zero-order chi connectivity index (χ0) is 20.8. The minimum Gasteiger partial charge on any atom is -0.493 e. The summed E-state index contributed by atoms with van der Waals surface area (Å²) in [5.41, 5.74) is 2.44. The van der Waals surface area contributed by atoms with Crippen molar-refractivity contribution in [1.82, 2.24) is 4.90 Å². The first-order valence-corrected chi connectivity index (χ1v) is 10.1. The van der Waals surface area contributed by atoms with Gasteiger partial charge in [-0.2, -0.15) is 0 Å². The number of anilines is 2. The minimum atomic E-state index is -0.150. The van der Waals surface area contributed by atoms with Crippen LogP contribution in [0.4, 0.5) is 11.4 Å². The van der Waals surface area contributed by atoms with Crippen LogP contribution < -0.4 is 15.0 Å². The number of hydrogen-bond donors (Lipinski definition) is 1. The monoisotopic (exact) mass is 395 g/mol. The van der Waals surface area contributed by atoms with Crippen LogP contribution in [-0.4, -0.2) is 49.5 Å². The Kier molecular flexibility index (Phi) is 6.75.